The van der Waals surface area contributed by atoms with Crippen LogP contribution in [0, 0.1) is 17.8 Å². The molecule has 0 aromatic rings. The first-order chi connectivity index (χ1) is 16.6. The molecule has 6 rings (SSSR count). The largest absolute Gasteiger partial charge is 0.328 e. The summed E-state index contributed by atoms with van der Waals surface area (Å²) in [5.74, 6) is 0.162. The van der Waals surface area contributed by atoms with Crippen LogP contribution in [0.1, 0.15) is 96.3 Å². The number of imide groups is 1. The molecule has 188 valence electrons. The van der Waals surface area contributed by atoms with Crippen LogP contribution in [0.3, 0.4) is 0 Å². The molecule has 6 unspecified atom stereocenters. The van der Waals surface area contributed by atoms with E-state index in [1.54, 1.807) is 9.80 Å². The van der Waals surface area contributed by atoms with Crippen LogP contribution in [0.2, 0.25) is 0 Å². The zero-order valence-corrected chi connectivity index (χ0v) is 20.8. The third-order valence-electron chi connectivity index (χ3n) is 10.2. The maximum absolute atomic E-state index is 14.3. The van der Waals surface area contributed by atoms with Crippen molar-refractivity contribution in [3.8, 4) is 0 Å². The molecule has 1 N–H and O–H groups in total. The molecule has 0 aromatic heterocycles. The number of nitrogens with one attached hydrogen (secondary N) is 1. The highest BCUT2D eigenvalue weighted by atomic mass is 16.2. The number of rotatable bonds is 2. The van der Waals surface area contributed by atoms with Crippen LogP contribution in [-0.2, 0) is 9.59 Å². The smallest absolute Gasteiger partial charge is 0.324 e. The molecule has 3 aliphatic carbocycles. The quantitative estimate of drug-likeness (QED) is 0.665. The van der Waals surface area contributed by atoms with Gasteiger partial charge in [-0.05, 0) is 50.9 Å². The predicted octanol–water partition coefficient (Wildman–Crippen LogP) is 3.87. The van der Waals surface area contributed by atoms with E-state index in [-0.39, 0.29) is 47.8 Å². The number of piperidine rings is 2. The van der Waals surface area contributed by atoms with E-state index >= 15 is 0 Å². The summed E-state index contributed by atoms with van der Waals surface area (Å²) in [7, 11) is 1.86. The number of amides is 4. The van der Waals surface area contributed by atoms with E-state index in [1.807, 2.05) is 11.9 Å². The summed E-state index contributed by atoms with van der Waals surface area (Å²) in [4.78, 5) is 47.6. The van der Waals surface area contributed by atoms with Gasteiger partial charge in [0.1, 0.15) is 6.17 Å². The lowest BCUT2D eigenvalue weighted by atomic mass is 9.67. The molecule has 6 aliphatic rings. The molecule has 0 spiro atoms. The molecule has 7 nitrogen and oxygen atoms in total. The molecule has 7 heteroatoms. The van der Waals surface area contributed by atoms with Gasteiger partial charge in [-0.1, -0.05) is 51.4 Å². The number of urea groups is 1. The molecule has 0 aromatic carbocycles. The maximum atomic E-state index is 14.3. The molecular formula is C27H42N4O3. The molecule has 0 bridgehead atoms. The molecule has 34 heavy (non-hydrogen) atoms. The first kappa shape index (κ1) is 22.8. The molecule has 3 saturated carbocycles. The van der Waals surface area contributed by atoms with Gasteiger partial charge in [-0.2, -0.15) is 0 Å². The van der Waals surface area contributed by atoms with Crippen LogP contribution in [0.25, 0.3) is 0 Å². The van der Waals surface area contributed by atoms with E-state index in [0.717, 1.165) is 64.2 Å². The standard InChI is InChI=1S/C27H42N4O3/c1-29-24-22(23-20(25(29)32)16-17-10-8-9-15-21(17)28-23)26(33)31(19-13-6-3-7-14-19)27(34)30(24)18-11-4-2-5-12-18/h17-24,28H,2-16H2,1H3. The average molecular weight is 471 g/mol. The van der Waals surface area contributed by atoms with E-state index < -0.39 is 6.17 Å². The highest BCUT2D eigenvalue weighted by Gasteiger charge is 2.61. The number of carbonyl (C=O) groups is 3. The molecular weight excluding hydrogens is 428 g/mol. The Bertz CT molecular complexity index is 821. The molecule has 6 fully saturated rings. The van der Waals surface area contributed by atoms with Crippen LogP contribution < -0.4 is 5.32 Å². The Morgan fingerprint density at radius 1 is 0.735 bits per heavy atom. The highest BCUT2D eigenvalue weighted by Crippen LogP contribution is 2.46. The van der Waals surface area contributed by atoms with Gasteiger partial charge in [0, 0.05) is 31.2 Å². The Morgan fingerprint density at radius 3 is 2.06 bits per heavy atom. The highest BCUT2D eigenvalue weighted by molar-refractivity contribution is 6.01. The third kappa shape index (κ3) is 3.59. The topological polar surface area (TPSA) is 73.0 Å². The Kier molecular flexibility index (Phi) is 6.11. The van der Waals surface area contributed by atoms with Gasteiger partial charge in [0.15, 0.2) is 0 Å². The monoisotopic (exact) mass is 470 g/mol. The van der Waals surface area contributed by atoms with Gasteiger partial charge in [0.05, 0.1) is 11.8 Å². The van der Waals surface area contributed by atoms with Crippen LogP contribution in [0.4, 0.5) is 4.79 Å². The lowest BCUT2D eigenvalue weighted by Crippen LogP contribution is -2.78. The van der Waals surface area contributed by atoms with E-state index in [0.29, 0.717) is 12.0 Å². The first-order valence-corrected chi connectivity index (χ1v) is 14.2. The minimum atomic E-state index is -0.440. The van der Waals surface area contributed by atoms with Crippen molar-refractivity contribution in [3.05, 3.63) is 0 Å². The number of hydrogen-bond acceptors (Lipinski definition) is 4. The minimum absolute atomic E-state index is 0.00920. The fraction of sp³-hybridized carbons (Fsp3) is 0.889. The van der Waals surface area contributed by atoms with Crippen molar-refractivity contribution in [3.63, 3.8) is 0 Å². The number of nitrogens with zero attached hydrogens (tertiary/aromatic N) is 3. The summed E-state index contributed by atoms with van der Waals surface area (Å²) in [5, 5.41) is 3.87. The molecule has 3 saturated heterocycles. The molecule has 0 radical (unpaired) electrons. The zero-order valence-electron chi connectivity index (χ0n) is 20.8. The van der Waals surface area contributed by atoms with Crippen molar-refractivity contribution >= 4 is 17.8 Å². The number of hydrogen-bond donors (Lipinski definition) is 1. The Morgan fingerprint density at radius 2 is 1.35 bits per heavy atom. The predicted molar refractivity (Wildman–Crippen MR) is 129 cm³/mol. The van der Waals surface area contributed by atoms with Crippen molar-refractivity contribution in [2.45, 2.75) is 127 Å². The normalized spacial score (nSPS) is 40.1. The molecule has 3 heterocycles. The molecule has 6 atom stereocenters. The lowest BCUT2D eigenvalue weighted by molar-refractivity contribution is -0.173. The maximum Gasteiger partial charge on any atom is 0.328 e. The minimum Gasteiger partial charge on any atom is -0.324 e. The fourth-order valence-electron chi connectivity index (χ4n) is 8.51. The van der Waals surface area contributed by atoms with Gasteiger partial charge >= 0.3 is 6.03 Å². The SMILES string of the molecule is CN1C(=O)C2CC3CCCCC3NC2C2C(=O)N(C3CCCCC3)C(=O)N(C3CCCCC3)C21. The second kappa shape index (κ2) is 9.11. The summed E-state index contributed by atoms with van der Waals surface area (Å²) in [6, 6.07) is 0.294. The lowest BCUT2D eigenvalue weighted by Gasteiger charge is -2.60. The summed E-state index contributed by atoms with van der Waals surface area (Å²) in [6.45, 7) is 0. The number of likely N-dealkylation sites (tertiary alicyclic amines) is 1. The van der Waals surface area contributed by atoms with E-state index in [1.165, 1.54) is 32.1 Å². The van der Waals surface area contributed by atoms with Crippen molar-refractivity contribution in [1.29, 1.82) is 0 Å². The van der Waals surface area contributed by atoms with Crippen molar-refractivity contribution in [1.82, 2.24) is 20.0 Å². The van der Waals surface area contributed by atoms with Crippen molar-refractivity contribution in [2.24, 2.45) is 17.8 Å². The molecule has 4 amide bonds. The van der Waals surface area contributed by atoms with Gasteiger partial charge in [0.2, 0.25) is 11.8 Å². The van der Waals surface area contributed by atoms with Crippen molar-refractivity contribution in [2.75, 3.05) is 7.05 Å². The number of carbonyl (C=O) groups excluding carboxylic acids is 3. The van der Waals surface area contributed by atoms with Crippen LogP contribution in [0.15, 0.2) is 0 Å². The van der Waals surface area contributed by atoms with E-state index in [4.69, 9.17) is 0 Å². The van der Waals surface area contributed by atoms with Crippen LogP contribution in [-0.4, -0.2) is 69.9 Å². The van der Waals surface area contributed by atoms with Crippen molar-refractivity contribution < 1.29 is 14.4 Å². The van der Waals surface area contributed by atoms with Gasteiger partial charge in [0.25, 0.3) is 0 Å². The second-order valence-electron chi connectivity index (χ2n) is 12.1. The Balaban J connectivity index is 1.39. The van der Waals surface area contributed by atoms with Gasteiger partial charge in [-0.25, -0.2) is 4.79 Å². The summed E-state index contributed by atoms with van der Waals surface area (Å²) in [5.41, 5.74) is 0. The second-order valence-corrected chi connectivity index (χ2v) is 12.1. The zero-order chi connectivity index (χ0) is 23.4. The Hall–Kier alpha value is -1.63. The first-order valence-electron chi connectivity index (χ1n) is 14.2. The van der Waals surface area contributed by atoms with Crippen LogP contribution >= 0.6 is 0 Å². The number of fused-ring (bicyclic) bond motifs is 4. The summed E-state index contributed by atoms with van der Waals surface area (Å²) < 4.78 is 0. The van der Waals surface area contributed by atoms with Gasteiger partial charge in [-0.15, -0.1) is 0 Å². The Labute approximate surface area is 204 Å². The van der Waals surface area contributed by atoms with E-state index in [9.17, 15) is 14.4 Å². The van der Waals surface area contributed by atoms with Gasteiger partial charge < -0.3 is 10.2 Å². The third-order valence-corrected chi connectivity index (χ3v) is 10.2. The summed E-state index contributed by atoms with van der Waals surface area (Å²) in [6.07, 6.45) is 15.9. The molecule has 3 aliphatic heterocycles. The van der Waals surface area contributed by atoms with Crippen LogP contribution in [0.5, 0.6) is 0 Å². The van der Waals surface area contributed by atoms with E-state index in [2.05, 4.69) is 5.32 Å². The van der Waals surface area contributed by atoms with Gasteiger partial charge in [-0.3, -0.25) is 19.4 Å². The fourth-order valence-corrected chi connectivity index (χ4v) is 8.51. The summed E-state index contributed by atoms with van der Waals surface area (Å²) >= 11 is 0. The average Bonchev–Trinajstić information content (AvgIpc) is 2.87.